The van der Waals surface area contributed by atoms with Gasteiger partial charge in [-0.2, -0.15) is 0 Å². The normalized spacial score (nSPS) is 26.7. The first-order valence-corrected chi connectivity index (χ1v) is 6.78. The third-order valence-corrected chi connectivity index (χ3v) is 3.96. The molecule has 0 aromatic rings. The fraction of sp³-hybridized carbons (Fsp3) is 0.800. The molecule has 0 radical (unpaired) electrons. The van der Waals surface area contributed by atoms with Crippen LogP contribution in [0.25, 0.3) is 0 Å². The molecular formula is C15H27NO2. The largest absolute Gasteiger partial charge is 0.391 e. The number of amides is 1. The molecule has 0 spiro atoms. The Hall–Kier alpha value is -0.830. The molecular weight excluding hydrogens is 226 g/mol. The number of nitrogens with one attached hydrogen (secondary N) is 1. The van der Waals surface area contributed by atoms with Gasteiger partial charge >= 0.3 is 0 Å². The van der Waals surface area contributed by atoms with E-state index >= 15 is 0 Å². The van der Waals surface area contributed by atoms with Crippen LogP contribution in [0.15, 0.2) is 11.6 Å². The summed E-state index contributed by atoms with van der Waals surface area (Å²) in [6.07, 6.45) is 1.72. The first-order chi connectivity index (χ1) is 8.17. The van der Waals surface area contributed by atoms with E-state index < -0.39 is 6.10 Å². The van der Waals surface area contributed by atoms with Crippen molar-refractivity contribution in [3.63, 3.8) is 0 Å². The molecule has 0 saturated heterocycles. The van der Waals surface area contributed by atoms with Crippen molar-refractivity contribution in [3.8, 4) is 0 Å². The molecule has 2 N–H and O–H groups in total. The van der Waals surface area contributed by atoms with E-state index in [2.05, 4.69) is 39.1 Å². The second kappa shape index (κ2) is 5.43. The summed E-state index contributed by atoms with van der Waals surface area (Å²) in [5.41, 5.74) is 1.30. The highest BCUT2D eigenvalue weighted by atomic mass is 16.3. The molecule has 0 heterocycles. The Morgan fingerprint density at radius 2 is 1.94 bits per heavy atom. The van der Waals surface area contributed by atoms with Gasteiger partial charge in [-0.25, -0.2) is 0 Å². The summed E-state index contributed by atoms with van der Waals surface area (Å²) in [7, 11) is 0. The van der Waals surface area contributed by atoms with Crippen molar-refractivity contribution in [1.29, 1.82) is 0 Å². The summed E-state index contributed by atoms with van der Waals surface area (Å²) in [6, 6.07) is 0. The van der Waals surface area contributed by atoms with E-state index in [-0.39, 0.29) is 23.2 Å². The number of carbonyl (C=O) groups excluding carboxylic acids is 1. The molecule has 3 atom stereocenters. The summed E-state index contributed by atoms with van der Waals surface area (Å²) in [4.78, 5) is 12.1. The smallest absolute Gasteiger partial charge is 0.224 e. The molecule has 1 aliphatic rings. The minimum Gasteiger partial charge on any atom is -0.391 e. The molecule has 1 saturated carbocycles. The number of hydrogen-bond acceptors (Lipinski definition) is 2. The predicted molar refractivity (Wildman–Crippen MR) is 74.0 cm³/mol. The molecule has 0 aromatic carbocycles. The van der Waals surface area contributed by atoms with E-state index in [0.29, 0.717) is 12.5 Å². The van der Waals surface area contributed by atoms with Crippen LogP contribution in [0.4, 0.5) is 0 Å². The Bertz CT molecular complexity index is 340. The van der Waals surface area contributed by atoms with Crippen molar-refractivity contribution < 1.29 is 9.90 Å². The maximum atomic E-state index is 12.1. The van der Waals surface area contributed by atoms with Gasteiger partial charge in [0.2, 0.25) is 5.91 Å². The highest BCUT2D eigenvalue weighted by Crippen LogP contribution is 2.59. The molecule has 0 bridgehead atoms. The molecule has 3 nitrogen and oxygen atoms in total. The molecule has 18 heavy (non-hydrogen) atoms. The number of hydrogen-bond donors (Lipinski definition) is 2. The Labute approximate surface area is 111 Å². The second-order valence-corrected chi connectivity index (χ2v) is 6.63. The van der Waals surface area contributed by atoms with Crippen molar-refractivity contribution in [2.75, 3.05) is 6.54 Å². The fourth-order valence-electron chi connectivity index (χ4n) is 2.40. The number of aliphatic hydroxyl groups is 1. The summed E-state index contributed by atoms with van der Waals surface area (Å²) < 4.78 is 0. The molecule has 1 rings (SSSR count). The molecule has 1 aliphatic carbocycles. The lowest BCUT2D eigenvalue weighted by Crippen LogP contribution is -2.36. The Kier molecular flexibility index (Phi) is 4.60. The van der Waals surface area contributed by atoms with Gasteiger partial charge < -0.3 is 10.4 Å². The van der Waals surface area contributed by atoms with Crippen LogP contribution in [0.5, 0.6) is 0 Å². The molecule has 3 heteroatoms. The summed E-state index contributed by atoms with van der Waals surface area (Å²) >= 11 is 0. The monoisotopic (exact) mass is 253 g/mol. The first kappa shape index (κ1) is 15.2. The highest BCUT2D eigenvalue weighted by molar-refractivity contribution is 5.83. The van der Waals surface area contributed by atoms with Gasteiger partial charge in [0.25, 0.3) is 0 Å². The zero-order chi connectivity index (χ0) is 14.1. The van der Waals surface area contributed by atoms with E-state index in [1.54, 1.807) is 0 Å². The molecule has 0 aromatic heterocycles. The van der Waals surface area contributed by atoms with Crippen LogP contribution < -0.4 is 5.32 Å². The van der Waals surface area contributed by atoms with Gasteiger partial charge in [-0.3, -0.25) is 4.79 Å². The topological polar surface area (TPSA) is 49.3 Å². The second-order valence-electron chi connectivity index (χ2n) is 6.63. The van der Waals surface area contributed by atoms with Gasteiger partial charge in [0.15, 0.2) is 0 Å². The van der Waals surface area contributed by atoms with Crippen molar-refractivity contribution in [1.82, 2.24) is 5.32 Å². The van der Waals surface area contributed by atoms with Crippen LogP contribution in [0, 0.1) is 23.2 Å². The zero-order valence-corrected chi connectivity index (χ0v) is 12.4. The predicted octanol–water partition coefficient (Wildman–Crippen LogP) is 2.36. The molecule has 0 aliphatic heterocycles. The number of allylic oxidation sites excluding steroid dienone is 2. The van der Waals surface area contributed by atoms with Gasteiger partial charge in [0.05, 0.1) is 12.0 Å². The molecule has 1 amide bonds. The van der Waals surface area contributed by atoms with Crippen LogP contribution in [0.3, 0.4) is 0 Å². The first-order valence-electron chi connectivity index (χ1n) is 6.78. The van der Waals surface area contributed by atoms with E-state index in [9.17, 15) is 9.90 Å². The van der Waals surface area contributed by atoms with Crippen LogP contribution >= 0.6 is 0 Å². The van der Waals surface area contributed by atoms with Crippen LogP contribution in [-0.2, 0) is 4.79 Å². The lowest BCUT2D eigenvalue weighted by atomic mass is 10.1. The maximum Gasteiger partial charge on any atom is 0.224 e. The van der Waals surface area contributed by atoms with Crippen molar-refractivity contribution in [3.05, 3.63) is 11.6 Å². The minimum absolute atomic E-state index is 0.0458. The summed E-state index contributed by atoms with van der Waals surface area (Å²) in [5, 5.41) is 12.6. The van der Waals surface area contributed by atoms with E-state index in [1.165, 1.54) is 5.57 Å². The van der Waals surface area contributed by atoms with Crippen LogP contribution in [-0.4, -0.2) is 23.7 Å². The lowest BCUT2D eigenvalue weighted by molar-refractivity contribution is -0.123. The van der Waals surface area contributed by atoms with Crippen LogP contribution in [0.1, 0.15) is 41.5 Å². The minimum atomic E-state index is -0.460. The maximum absolute atomic E-state index is 12.1. The summed E-state index contributed by atoms with van der Waals surface area (Å²) in [6.45, 7) is 12.6. The Balaban J connectivity index is 2.52. The Morgan fingerprint density at radius 3 is 2.39 bits per heavy atom. The van der Waals surface area contributed by atoms with Gasteiger partial charge in [-0.05, 0) is 31.1 Å². The lowest BCUT2D eigenvalue weighted by Gasteiger charge is -2.15. The van der Waals surface area contributed by atoms with Crippen molar-refractivity contribution in [2.45, 2.75) is 47.6 Å². The standard InChI is InChI=1S/C15H27NO2/c1-9(2)7-11-13(15(11,5)6)14(18)16-8-12(17)10(3)4/h7,10-13,17H,8H2,1-6H3,(H,16,18). The van der Waals surface area contributed by atoms with Crippen LogP contribution in [0.2, 0.25) is 0 Å². The number of carbonyl (C=O) groups is 1. The third kappa shape index (κ3) is 3.35. The third-order valence-electron chi connectivity index (χ3n) is 3.96. The van der Waals surface area contributed by atoms with Gasteiger partial charge in [0.1, 0.15) is 0 Å². The molecule has 104 valence electrons. The van der Waals surface area contributed by atoms with Crippen molar-refractivity contribution >= 4 is 5.91 Å². The Morgan fingerprint density at radius 1 is 1.39 bits per heavy atom. The highest BCUT2D eigenvalue weighted by Gasteiger charge is 2.60. The van der Waals surface area contributed by atoms with E-state index in [4.69, 9.17) is 0 Å². The van der Waals surface area contributed by atoms with Gasteiger partial charge in [-0.15, -0.1) is 0 Å². The number of rotatable bonds is 5. The molecule has 3 unspecified atom stereocenters. The average molecular weight is 253 g/mol. The summed E-state index contributed by atoms with van der Waals surface area (Å²) in [5.74, 6) is 0.624. The van der Waals surface area contributed by atoms with Crippen molar-refractivity contribution in [2.24, 2.45) is 23.2 Å². The van der Waals surface area contributed by atoms with E-state index in [1.807, 2.05) is 13.8 Å². The van der Waals surface area contributed by atoms with Gasteiger partial charge in [0, 0.05) is 6.54 Å². The SMILES string of the molecule is CC(C)=CC1C(C(=O)NCC(O)C(C)C)C1(C)C. The number of aliphatic hydroxyl groups excluding tert-OH is 1. The zero-order valence-electron chi connectivity index (χ0n) is 12.4. The van der Waals surface area contributed by atoms with E-state index in [0.717, 1.165) is 0 Å². The molecule has 1 fully saturated rings. The quantitative estimate of drug-likeness (QED) is 0.739. The van der Waals surface area contributed by atoms with Gasteiger partial charge in [-0.1, -0.05) is 39.3 Å². The fourth-order valence-corrected chi connectivity index (χ4v) is 2.40. The average Bonchev–Trinajstić information content (AvgIpc) is 2.75.